The Kier molecular flexibility index (Phi) is 3.88. The smallest absolute Gasteiger partial charge is 0.207 e. The van der Waals surface area contributed by atoms with Crippen molar-refractivity contribution < 1.29 is 4.79 Å². The minimum atomic E-state index is 0.683. The third-order valence-electron chi connectivity index (χ3n) is 2.60. The van der Waals surface area contributed by atoms with Gasteiger partial charge in [-0.3, -0.25) is 4.79 Å². The maximum absolute atomic E-state index is 10.1. The summed E-state index contributed by atoms with van der Waals surface area (Å²) in [6.45, 7) is 2.70. The van der Waals surface area contributed by atoms with Gasteiger partial charge in [-0.2, -0.15) is 0 Å². The summed E-state index contributed by atoms with van der Waals surface area (Å²) in [6.07, 6.45) is 1.59. The topological polar surface area (TPSA) is 42.0 Å². The van der Waals surface area contributed by atoms with Crippen LogP contribution in [-0.4, -0.2) is 17.9 Å². The highest BCUT2D eigenvalue weighted by atomic mass is 32.1. The molecular weight excluding hydrogens is 232 g/mol. The summed E-state index contributed by atoms with van der Waals surface area (Å²) in [7, 11) is 0. The molecule has 0 saturated heterocycles. The van der Waals surface area contributed by atoms with Gasteiger partial charge in [-0.05, 0) is 24.5 Å². The second-order valence-electron chi connectivity index (χ2n) is 3.79. The number of nitrogens with one attached hydrogen (secondary N) is 1. The van der Waals surface area contributed by atoms with Gasteiger partial charge in [-0.15, -0.1) is 11.3 Å². The fourth-order valence-corrected chi connectivity index (χ4v) is 2.49. The maximum Gasteiger partial charge on any atom is 0.207 e. The number of carbonyl (C=O) groups excluding carboxylic acids is 1. The number of rotatable bonds is 5. The molecule has 0 aliphatic heterocycles. The summed E-state index contributed by atoms with van der Waals surface area (Å²) in [5.74, 6) is 0. The predicted molar refractivity (Wildman–Crippen MR) is 70.1 cm³/mol. The summed E-state index contributed by atoms with van der Waals surface area (Å²) in [4.78, 5) is 15.6. The minimum Gasteiger partial charge on any atom is -0.358 e. The quantitative estimate of drug-likeness (QED) is 0.650. The molecule has 2 rings (SSSR count). The van der Waals surface area contributed by atoms with Crippen molar-refractivity contribution in [2.24, 2.45) is 0 Å². The van der Waals surface area contributed by atoms with Gasteiger partial charge in [0.15, 0.2) is 0 Å². The Morgan fingerprint density at radius 1 is 1.35 bits per heavy atom. The molecule has 0 saturated carbocycles. The molecule has 0 atom stereocenters. The van der Waals surface area contributed by atoms with Gasteiger partial charge in [0.25, 0.3) is 0 Å². The Morgan fingerprint density at radius 2 is 2.12 bits per heavy atom. The lowest BCUT2D eigenvalue weighted by Gasteiger charge is -2.03. The highest BCUT2D eigenvalue weighted by Crippen LogP contribution is 2.27. The number of nitrogens with zero attached hydrogens (tertiary/aromatic N) is 1. The van der Waals surface area contributed by atoms with Crippen molar-refractivity contribution >= 4 is 17.7 Å². The van der Waals surface area contributed by atoms with Crippen molar-refractivity contribution in [3.8, 4) is 10.4 Å². The van der Waals surface area contributed by atoms with E-state index in [9.17, 15) is 4.79 Å². The molecule has 88 valence electrons. The van der Waals surface area contributed by atoms with E-state index in [1.165, 1.54) is 16.0 Å². The molecule has 0 aliphatic carbocycles. The molecule has 1 N–H and O–H groups in total. The van der Waals surface area contributed by atoms with E-state index in [2.05, 4.69) is 34.6 Å². The fraction of sp³-hybridized carbons (Fsp3) is 0.231. The lowest BCUT2D eigenvalue weighted by Crippen LogP contribution is -2.14. The molecule has 0 spiro atoms. The molecule has 3 nitrogen and oxygen atoms in total. The van der Waals surface area contributed by atoms with E-state index in [0.29, 0.717) is 6.54 Å². The monoisotopic (exact) mass is 246 g/mol. The number of hydrogen-bond acceptors (Lipinski definition) is 3. The largest absolute Gasteiger partial charge is 0.358 e. The van der Waals surface area contributed by atoms with Crippen LogP contribution in [-0.2, 0) is 11.2 Å². The molecule has 1 aromatic heterocycles. The Balaban J connectivity index is 2.08. The standard InChI is InChI=1S/C13H14N2OS/c1-10-13(17-9-15-10)12-4-2-11(3-5-12)6-7-14-8-16/h2-5,8-9H,6-7H2,1H3,(H,14,16). The van der Waals surface area contributed by atoms with Crippen molar-refractivity contribution in [1.29, 1.82) is 0 Å². The van der Waals surface area contributed by atoms with Gasteiger partial charge in [-0.25, -0.2) is 4.98 Å². The normalized spacial score (nSPS) is 10.2. The van der Waals surface area contributed by atoms with E-state index in [1.807, 2.05) is 12.4 Å². The molecule has 0 radical (unpaired) electrons. The SMILES string of the molecule is Cc1ncsc1-c1ccc(CCNC=O)cc1. The van der Waals surface area contributed by atoms with Crippen LogP contribution in [0.4, 0.5) is 0 Å². The van der Waals surface area contributed by atoms with Gasteiger partial charge in [0.2, 0.25) is 6.41 Å². The van der Waals surface area contributed by atoms with E-state index in [4.69, 9.17) is 0 Å². The van der Waals surface area contributed by atoms with E-state index < -0.39 is 0 Å². The maximum atomic E-state index is 10.1. The van der Waals surface area contributed by atoms with Gasteiger partial charge in [0.1, 0.15) is 0 Å². The number of hydrogen-bond donors (Lipinski definition) is 1. The van der Waals surface area contributed by atoms with Crippen LogP contribution in [0.5, 0.6) is 0 Å². The van der Waals surface area contributed by atoms with Crippen LogP contribution >= 0.6 is 11.3 Å². The molecule has 0 bridgehead atoms. The molecular formula is C13H14N2OS. The molecule has 1 aromatic carbocycles. The Morgan fingerprint density at radius 3 is 2.71 bits per heavy atom. The first-order chi connectivity index (χ1) is 8.31. The van der Waals surface area contributed by atoms with Gasteiger partial charge in [0, 0.05) is 6.54 Å². The highest BCUT2D eigenvalue weighted by Gasteiger charge is 2.04. The van der Waals surface area contributed by atoms with Crippen molar-refractivity contribution in [3.63, 3.8) is 0 Å². The molecule has 4 heteroatoms. The van der Waals surface area contributed by atoms with Crippen LogP contribution < -0.4 is 5.32 Å². The molecule has 0 unspecified atom stereocenters. The predicted octanol–water partition coefficient (Wildman–Crippen LogP) is 2.41. The minimum absolute atomic E-state index is 0.683. The Hall–Kier alpha value is -1.68. The van der Waals surface area contributed by atoms with Gasteiger partial charge >= 0.3 is 0 Å². The third kappa shape index (κ3) is 2.91. The van der Waals surface area contributed by atoms with E-state index >= 15 is 0 Å². The van der Waals surface area contributed by atoms with Crippen LogP contribution in [0.25, 0.3) is 10.4 Å². The van der Waals surface area contributed by atoms with Crippen molar-refractivity contribution in [3.05, 3.63) is 41.0 Å². The lowest BCUT2D eigenvalue weighted by atomic mass is 10.1. The summed E-state index contributed by atoms with van der Waals surface area (Å²) >= 11 is 1.66. The molecule has 0 aliphatic rings. The highest BCUT2D eigenvalue weighted by molar-refractivity contribution is 7.13. The number of thiazole rings is 1. The first kappa shape index (κ1) is 11.8. The number of benzene rings is 1. The van der Waals surface area contributed by atoms with Crippen LogP contribution in [0.3, 0.4) is 0 Å². The van der Waals surface area contributed by atoms with E-state index in [-0.39, 0.29) is 0 Å². The third-order valence-corrected chi connectivity index (χ3v) is 3.58. The molecule has 1 heterocycles. The first-order valence-corrected chi connectivity index (χ1v) is 6.35. The van der Waals surface area contributed by atoms with Crippen LogP contribution in [0, 0.1) is 6.92 Å². The average molecular weight is 246 g/mol. The summed E-state index contributed by atoms with van der Waals surface area (Å²) in [5.41, 5.74) is 5.37. The molecule has 17 heavy (non-hydrogen) atoms. The summed E-state index contributed by atoms with van der Waals surface area (Å²) in [6, 6.07) is 8.41. The number of aryl methyl sites for hydroxylation is 1. The molecule has 0 fully saturated rings. The summed E-state index contributed by atoms with van der Waals surface area (Å²) < 4.78 is 0. The number of aromatic nitrogens is 1. The fourth-order valence-electron chi connectivity index (χ4n) is 1.68. The second kappa shape index (κ2) is 5.59. The van der Waals surface area contributed by atoms with Crippen LogP contribution in [0.15, 0.2) is 29.8 Å². The molecule has 2 aromatic rings. The van der Waals surface area contributed by atoms with Crippen molar-refractivity contribution in [2.75, 3.05) is 6.54 Å². The Bertz CT molecular complexity index is 490. The van der Waals surface area contributed by atoms with E-state index in [1.54, 1.807) is 11.3 Å². The zero-order valence-corrected chi connectivity index (χ0v) is 10.5. The van der Waals surface area contributed by atoms with Crippen LogP contribution in [0.1, 0.15) is 11.3 Å². The first-order valence-electron chi connectivity index (χ1n) is 5.47. The second-order valence-corrected chi connectivity index (χ2v) is 4.64. The molecule has 1 amide bonds. The average Bonchev–Trinajstić information content (AvgIpc) is 2.77. The van der Waals surface area contributed by atoms with Gasteiger partial charge in [0.05, 0.1) is 16.1 Å². The van der Waals surface area contributed by atoms with Crippen LogP contribution in [0.2, 0.25) is 0 Å². The zero-order valence-electron chi connectivity index (χ0n) is 9.64. The van der Waals surface area contributed by atoms with Crippen molar-refractivity contribution in [1.82, 2.24) is 10.3 Å². The van der Waals surface area contributed by atoms with E-state index in [0.717, 1.165) is 18.5 Å². The van der Waals surface area contributed by atoms with Crippen molar-refractivity contribution in [2.45, 2.75) is 13.3 Å². The van der Waals surface area contributed by atoms with Gasteiger partial charge < -0.3 is 5.32 Å². The summed E-state index contributed by atoms with van der Waals surface area (Å²) in [5, 5.41) is 2.66. The zero-order chi connectivity index (χ0) is 12.1. The lowest BCUT2D eigenvalue weighted by molar-refractivity contribution is -0.109. The number of carbonyl (C=O) groups is 1. The number of amides is 1. The van der Waals surface area contributed by atoms with Gasteiger partial charge in [-0.1, -0.05) is 24.3 Å². The Labute approximate surface area is 105 Å².